The average molecular weight is 394 g/mol. The Hall–Kier alpha value is -2.79. The lowest BCUT2D eigenvalue weighted by Crippen LogP contribution is -2.24. The van der Waals surface area contributed by atoms with Crippen LogP contribution in [0.1, 0.15) is 25.0 Å². The van der Waals surface area contributed by atoms with Gasteiger partial charge in [-0.1, -0.05) is 37.3 Å². The molecule has 0 aromatic heterocycles. The number of allylic oxidation sites excluding steroid dienone is 1. The lowest BCUT2D eigenvalue weighted by atomic mass is 10.0. The van der Waals surface area contributed by atoms with Gasteiger partial charge in [0.25, 0.3) is 5.91 Å². The fraction of sp³-hybridized carbons (Fsp3) is 0.217. The van der Waals surface area contributed by atoms with Crippen LogP contribution in [-0.4, -0.2) is 25.2 Å². The molecule has 0 aliphatic carbocycles. The van der Waals surface area contributed by atoms with Crippen molar-refractivity contribution in [3.8, 4) is 0 Å². The number of amides is 1. The van der Waals surface area contributed by atoms with Crippen molar-refractivity contribution in [2.24, 2.45) is 0 Å². The zero-order valence-electron chi connectivity index (χ0n) is 16.5. The van der Waals surface area contributed by atoms with Crippen LogP contribution in [0.2, 0.25) is 0 Å². The summed E-state index contributed by atoms with van der Waals surface area (Å²) in [6.45, 7) is 3.87. The first-order valence-corrected chi connectivity index (χ1v) is 10.3. The third-order valence-corrected chi connectivity index (χ3v) is 5.53. The molecule has 0 saturated heterocycles. The van der Waals surface area contributed by atoms with E-state index in [0.717, 1.165) is 22.6 Å². The third kappa shape index (κ3) is 3.76. The Morgan fingerprint density at radius 1 is 1.18 bits per heavy atom. The molecule has 28 heavy (non-hydrogen) atoms. The van der Waals surface area contributed by atoms with E-state index in [0.29, 0.717) is 16.8 Å². The van der Waals surface area contributed by atoms with Crippen LogP contribution in [-0.2, 0) is 20.7 Å². The third-order valence-electron chi connectivity index (χ3n) is 4.80. The van der Waals surface area contributed by atoms with Gasteiger partial charge in [-0.05, 0) is 55.0 Å². The molecule has 5 heteroatoms. The van der Waals surface area contributed by atoms with Gasteiger partial charge in [0.15, 0.2) is 0 Å². The average Bonchev–Trinajstić information content (AvgIpc) is 2.97. The lowest BCUT2D eigenvalue weighted by molar-refractivity contribution is -0.136. The van der Waals surface area contributed by atoms with Crippen LogP contribution in [0.3, 0.4) is 0 Å². The number of benzene rings is 2. The van der Waals surface area contributed by atoms with E-state index in [9.17, 15) is 9.59 Å². The second-order valence-corrected chi connectivity index (χ2v) is 7.33. The van der Waals surface area contributed by atoms with Gasteiger partial charge in [0.05, 0.1) is 23.9 Å². The summed E-state index contributed by atoms with van der Waals surface area (Å²) in [4.78, 5) is 28.4. The molecular formula is C23H23NO3S. The molecule has 0 radical (unpaired) electrons. The molecule has 1 aliphatic rings. The highest BCUT2D eigenvalue weighted by Gasteiger charge is 2.37. The minimum atomic E-state index is -0.509. The van der Waals surface area contributed by atoms with Crippen molar-refractivity contribution in [3.05, 3.63) is 76.5 Å². The van der Waals surface area contributed by atoms with Crippen molar-refractivity contribution in [2.45, 2.75) is 25.2 Å². The maximum absolute atomic E-state index is 13.3. The smallest absolute Gasteiger partial charge is 0.340 e. The first-order chi connectivity index (χ1) is 13.5. The zero-order valence-corrected chi connectivity index (χ0v) is 17.3. The van der Waals surface area contributed by atoms with Crippen LogP contribution in [0.25, 0.3) is 6.08 Å². The number of thioether (sulfide) groups is 1. The lowest BCUT2D eigenvalue weighted by Gasteiger charge is -2.18. The fourth-order valence-electron chi connectivity index (χ4n) is 3.26. The number of methoxy groups -OCH3 is 1. The van der Waals surface area contributed by atoms with Crippen LogP contribution in [0.15, 0.2) is 70.3 Å². The summed E-state index contributed by atoms with van der Waals surface area (Å²) >= 11 is 1.60. The standard InChI is InChI=1S/C23H23NO3S/c1-5-16-9-11-17(12-10-16)13-20-21(23(26)27-3)15(2)24(22(20)25)18-7-6-8-19(14-18)28-4/h6-14H,5H2,1-4H3/b20-13-. The van der Waals surface area contributed by atoms with Crippen molar-refractivity contribution in [3.63, 3.8) is 0 Å². The molecule has 0 saturated carbocycles. The second kappa shape index (κ2) is 8.48. The number of carbonyl (C=O) groups is 2. The van der Waals surface area contributed by atoms with E-state index >= 15 is 0 Å². The molecule has 0 fully saturated rings. The topological polar surface area (TPSA) is 46.6 Å². The Bertz CT molecular complexity index is 974. The van der Waals surface area contributed by atoms with E-state index < -0.39 is 5.97 Å². The molecule has 2 aromatic carbocycles. The first kappa shape index (κ1) is 20.0. The molecule has 1 heterocycles. The molecular weight excluding hydrogens is 370 g/mol. The Morgan fingerprint density at radius 3 is 2.50 bits per heavy atom. The largest absolute Gasteiger partial charge is 0.465 e. The normalized spacial score (nSPS) is 15.5. The first-order valence-electron chi connectivity index (χ1n) is 9.08. The highest BCUT2D eigenvalue weighted by atomic mass is 32.2. The van der Waals surface area contributed by atoms with Crippen LogP contribution in [0.5, 0.6) is 0 Å². The Kier molecular flexibility index (Phi) is 6.05. The highest BCUT2D eigenvalue weighted by molar-refractivity contribution is 7.98. The van der Waals surface area contributed by atoms with Crippen molar-refractivity contribution < 1.29 is 14.3 Å². The van der Waals surface area contributed by atoms with Gasteiger partial charge in [-0.2, -0.15) is 0 Å². The SMILES string of the molecule is CCc1ccc(/C=C2\C(=O)N(c3cccc(SC)c3)C(C)=C2C(=O)OC)cc1. The number of aryl methyl sites for hydroxylation is 1. The monoisotopic (exact) mass is 393 g/mol. The molecule has 144 valence electrons. The number of rotatable bonds is 5. The van der Waals surface area contributed by atoms with Crippen LogP contribution in [0, 0.1) is 0 Å². The van der Waals surface area contributed by atoms with Crippen molar-refractivity contribution in [2.75, 3.05) is 18.3 Å². The van der Waals surface area contributed by atoms with Crippen LogP contribution >= 0.6 is 11.8 Å². The highest BCUT2D eigenvalue weighted by Crippen LogP contribution is 2.36. The Morgan fingerprint density at radius 2 is 1.89 bits per heavy atom. The molecule has 0 bridgehead atoms. The summed E-state index contributed by atoms with van der Waals surface area (Å²) in [5.41, 5.74) is 4.06. The molecule has 1 aliphatic heterocycles. The van der Waals surface area contributed by atoms with E-state index in [1.54, 1.807) is 29.7 Å². The van der Waals surface area contributed by atoms with Crippen LogP contribution in [0.4, 0.5) is 5.69 Å². The predicted octanol–water partition coefficient (Wildman–Crippen LogP) is 4.85. The zero-order chi connectivity index (χ0) is 20.3. The van der Waals surface area contributed by atoms with Gasteiger partial charge in [0.1, 0.15) is 0 Å². The molecule has 0 N–H and O–H groups in total. The van der Waals surface area contributed by atoms with Gasteiger partial charge in [-0.3, -0.25) is 9.69 Å². The Labute approximate surface area is 169 Å². The summed E-state index contributed by atoms with van der Waals surface area (Å²) < 4.78 is 4.97. The molecule has 0 spiro atoms. The van der Waals surface area contributed by atoms with E-state index in [4.69, 9.17) is 4.74 Å². The maximum Gasteiger partial charge on any atom is 0.340 e. The predicted molar refractivity (Wildman–Crippen MR) is 114 cm³/mol. The summed E-state index contributed by atoms with van der Waals surface area (Å²) in [7, 11) is 1.33. The molecule has 2 aromatic rings. The van der Waals surface area contributed by atoms with E-state index in [2.05, 4.69) is 6.92 Å². The summed E-state index contributed by atoms with van der Waals surface area (Å²) in [5, 5.41) is 0. The maximum atomic E-state index is 13.3. The van der Waals surface area contributed by atoms with E-state index in [1.807, 2.05) is 54.8 Å². The van der Waals surface area contributed by atoms with Crippen molar-refractivity contribution in [1.29, 1.82) is 0 Å². The van der Waals surface area contributed by atoms with Gasteiger partial charge in [-0.25, -0.2) is 4.79 Å². The Balaban J connectivity index is 2.10. The number of hydrogen-bond acceptors (Lipinski definition) is 4. The molecule has 1 amide bonds. The van der Waals surface area contributed by atoms with Gasteiger partial charge in [0.2, 0.25) is 0 Å². The molecule has 0 unspecified atom stereocenters. The van der Waals surface area contributed by atoms with Gasteiger partial charge in [-0.15, -0.1) is 11.8 Å². The molecule has 3 rings (SSSR count). The summed E-state index contributed by atoms with van der Waals surface area (Å²) in [6, 6.07) is 15.7. The molecule has 4 nitrogen and oxygen atoms in total. The number of anilines is 1. The van der Waals surface area contributed by atoms with Crippen molar-refractivity contribution >= 4 is 35.4 Å². The number of ether oxygens (including phenoxy) is 1. The number of esters is 1. The van der Waals surface area contributed by atoms with Gasteiger partial charge < -0.3 is 4.74 Å². The summed E-state index contributed by atoms with van der Waals surface area (Å²) in [6.07, 6.45) is 4.69. The van der Waals surface area contributed by atoms with Crippen molar-refractivity contribution in [1.82, 2.24) is 0 Å². The van der Waals surface area contributed by atoms with Crippen LogP contribution < -0.4 is 4.90 Å². The summed E-state index contributed by atoms with van der Waals surface area (Å²) in [5.74, 6) is -0.735. The minimum absolute atomic E-state index is 0.226. The second-order valence-electron chi connectivity index (χ2n) is 6.45. The van der Waals surface area contributed by atoms with E-state index in [-0.39, 0.29) is 5.91 Å². The van der Waals surface area contributed by atoms with Gasteiger partial charge in [0, 0.05) is 10.6 Å². The quantitative estimate of drug-likeness (QED) is 0.414. The fourth-order valence-corrected chi connectivity index (χ4v) is 3.71. The minimum Gasteiger partial charge on any atom is -0.465 e. The number of hydrogen-bond donors (Lipinski definition) is 0. The molecule has 0 atom stereocenters. The number of carbonyl (C=O) groups excluding carboxylic acids is 2. The number of nitrogens with zero attached hydrogens (tertiary/aromatic N) is 1. The van der Waals surface area contributed by atoms with Gasteiger partial charge >= 0.3 is 5.97 Å². The van der Waals surface area contributed by atoms with E-state index in [1.165, 1.54) is 12.7 Å².